The minimum Gasteiger partial charge on any atom is -1.00 e. The molecule has 0 aromatic heterocycles. The van der Waals surface area contributed by atoms with E-state index in [9.17, 15) is 0 Å². The van der Waals surface area contributed by atoms with Crippen molar-refractivity contribution < 1.29 is 21.5 Å². The van der Waals surface area contributed by atoms with Gasteiger partial charge < -0.3 is 21.5 Å². The number of halogens is 1. The minimum atomic E-state index is 0. The number of hydrogen-bond donors (Lipinski definition) is 0. The molecule has 1 aromatic carbocycles. The molecule has 16 heavy (non-hydrogen) atoms. The molecule has 0 fully saturated rings. The molecule has 0 saturated carbocycles. The lowest BCUT2D eigenvalue weighted by molar-refractivity contribution is -0.922. The van der Waals surface area contributed by atoms with Gasteiger partial charge in [0.15, 0.2) is 0 Å². The zero-order valence-corrected chi connectivity index (χ0v) is 12.3. The maximum Gasteiger partial charge on any atom is 0.104 e. The quantitative estimate of drug-likeness (QED) is 0.667. The van der Waals surface area contributed by atoms with Crippen LogP contribution in [0.3, 0.4) is 0 Å². The molecule has 0 aliphatic carbocycles. The van der Waals surface area contributed by atoms with Crippen molar-refractivity contribution in [3.05, 3.63) is 35.9 Å². The fourth-order valence-corrected chi connectivity index (χ4v) is 2.37. The minimum absolute atomic E-state index is 0. The van der Waals surface area contributed by atoms with Crippen LogP contribution in [0.25, 0.3) is 0 Å². The molecule has 1 rings (SSSR count). The number of rotatable bonds is 6. The molecular formula is C14H24BrN. The van der Waals surface area contributed by atoms with Gasteiger partial charge in [0.25, 0.3) is 0 Å². The lowest BCUT2D eigenvalue weighted by atomic mass is 10.1. The lowest BCUT2D eigenvalue weighted by Gasteiger charge is -2.34. The summed E-state index contributed by atoms with van der Waals surface area (Å²) in [5.41, 5.74) is 1.46. The topological polar surface area (TPSA) is 0 Å². The monoisotopic (exact) mass is 285 g/mol. The van der Waals surface area contributed by atoms with Gasteiger partial charge in [0, 0.05) is 5.56 Å². The van der Waals surface area contributed by atoms with Gasteiger partial charge in [-0.05, 0) is 12.8 Å². The summed E-state index contributed by atoms with van der Waals surface area (Å²) in [7, 11) is 2.38. The normalized spacial score (nSPS) is 10.9. The first-order valence-electron chi connectivity index (χ1n) is 6.07. The smallest absolute Gasteiger partial charge is 0.104 e. The van der Waals surface area contributed by atoms with Crippen molar-refractivity contribution in [2.24, 2.45) is 0 Å². The Labute approximate surface area is 111 Å². The summed E-state index contributed by atoms with van der Waals surface area (Å²) in [6.07, 6.45) is 2.53. The third-order valence-corrected chi connectivity index (χ3v) is 2.93. The molecule has 0 heterocycles. The molecule has 0 N–H and O–H groups in total. The first-order valence-corrected chi connectivity index (χ1v) is 6.07. The first-order chi connectivity index (χ1) is 7.20. The lowest BCUT2D eigenvalue weighted by Crippen LogP contribution is -3.00. The van der Waals surface area contributed by atoms with Gasteiger partial charge in [-0.1, -0.05) is 44.2 Å². The van der Waals surface area contributed by atoms with E-state index in [-0.39, 0.29) is 17.0 Å². The summed E-state index contributed by atoms with van der Waals surface area (Å²) < 4.78 is 1.18. The molecule has 0 bridgehead atoms. The Morgan fingerprint density at radius 1 is 0.938 bits per heavy atom. The van der Waals surface area contributed by atoms with Crippen LogP contribution >= 0.6 is 0 Å². The van der Waals surface area contributed by atoms with Crippen LogP contribution in [0.5, 0.6) is 0 Å². The standard InChI is InChI=1S/C14H24N.BrH/c1-4-11-15(3,12-5-2)13-14-9-7-6-8-10-14;/h6-10H,4-5,11-13H2,1-3H3;1H/q+1;/p-1. The Hall–Kier alpha value is -0.340. The molecule has 0 spiro atoms. The van der Waals surface area contributed by atoms with E-state index in [0.29, 0.717) is 0 Å². The maximum atomic E-state index is 2.38. The van der Waals surface area contributed by atoms with Crippen molar-refractivity contribution in [1.29, 1.82) is 0 Å². The maximum absolute atomic E-state index is 2.38. The van der Waals surface area contributed by atoms with E-state index in [1.807, 2.05) is 0 Å². The van der Waals surface area contributed by atoms with Gasteiger partial charge in [0.2, 0.25) is 0 Å². The largest absolute Gasteiger partial charge is 1.00 e. The molecule has 0 unspecified atom stereocenters. The van der Waals surface area contributed by atoms with Crippen LogP contribution in [0.4, 0.5) is 0 Å². The Kier molecular flexibility index (Phi) is 7.69. The molecule has 1 aromatic rings. The van der Waals surface area contributed by atoms with Crippen LogP contribution in [-0.2, 0) is 6.54 Å². The Bertz CT molecular complexity index is 265. The van der Waals surface area contributed by atoms with Gasteiger partial charge in [0.05, 0.1) is 20.1 Å². The van der Waals surface area contributed by atoms with Crippen molar-refractivity contribution >= 4 is 0 Å². The van der Waals surface area contributed by atoms with E-state index in [1.54, 1.807) is 0 Å². The summed E-state index contributed by atoms with van der Waals surface area (Å²) in [4.78, 5) is 0. The summed E-state index contributed by atoms with van der Waals surface area (Å²) in [5.74, 6) is 0. The fourth-order valence-electron chi connectivity index (χ4n) is 2.37. The Morgan fingerprint density at radius 3 is 1.88 bits per heavy atom. The predicted octanol–water partition coefficient (Wildman–Crippen LogP) is 0.457. The molecule has 0 amide bonds. The van der Waals surface area contributed by atoms with E-state index in [1.165, 1.54) is 42.5 Å². The molecular weight excluding hydrogens is 262 g/mol. The highest BCUT2D eigenvalue weighted by Gasteiger charge is 2.19. The van der Waals surface area contributed by atoms with Gasteiger partial charge in [-0.3, -0.25) is 0 Å². The molecule has 0 aliphatic heterocycles. The summed E-state index contributed by atoms with van der Waals surface area (Å²) >= 11 is 0. The highest BCUT2D eigenvalue weighted by atomic mass is 79.9. The van der Waals surface area contributed by atoms with Crippen molar-refractivity contribution in [3.8, 4) is 0 Å². The third-order valence-electron chi connectivity index (χ3n) is 2.93. The van der Waals surface area contributed by atoms with Gasteiger partial charge >= 0.3 is 0 Å². The zero-order valence-electron chi connectivity index (χ0n) is 10.7. The van der Waals surface area contributed by atoms with E-state index in [2.05, 4.69) is 51.2 Å². The van der Waals surface area contributed by atoms with E-state index >= 15 is 0 Å². The van der Waals surface area contributed by atoms with E-state index in [4.69, 9.17) is 0 Å². The second kappa shape index (κ2) is 7.86. The van der Waals surface area contributed by atoms with Crippen molar-refractivity contribution in [1.82, 2.24) is 0 Å². The Balaban J connectivity index is 0.00000225. The highest BCUT2D eigenvalue weighted by molar-refractivity contribution is 5.13. The average molecular weight is 286 g/mol. The van der Waals surface area contributed by atoms with Gasteiger partial charge in [-0.2, -0.15) is 0 Å². The molecule has 0 radical (unpaired) electrons. The molecule has 0 atom stereocenters. The molecule has 2 heteroatoms. The van der Waals surface area contributed by atoms with E-state index < -0.39 is 0 Å². The summed E-state index contributed by atoms with van der Waals surface area (Å²) in [6.45, 7) is 8.28. The van der Waals surface area contributed by atoms with Gasteiger partial charge in [-0.15, -0.1) is 0 Å². The molecule has 0 aliphatic rings. The number of hydrogen-bond acceptors (Lipinski definition) is 0. The number of benzene rings is 1. The SMILES string of the molecule is CCC[N+](C)(CCC)Cc1ccccc1.[Br-]. The van der Waals surface area contributed by atoms with E-state index in [0.717, 1.165) is 0 Å². The number of nitrogens with zero attached hydrogens (tertiary/aromatic N) is 1. The van der Waals surface area contributed by atoms with Crippen molar-refractivity contribution in [2.45, 2.75) is 33.2 Å². The highest BCUT2D eigenvalue weighted by Crippen LogP contribution is 2.13. The summed E-state index contributed by atoms with van der Waals surface area (Å²) in [5, 5.41) is 0. The first kappa shape index (κ1) is 15.7. The predicted molar refractivity (Wildman–Crippen MR) is 66.6 cm³/mol. The molecule has 92 valence electrons. The van der Waals surface area contributed by atoms with Crippen LogP contribution in [0.2, 0.25) is 0 Å². The Morgan fingerprint density at radius 2 is 1.44 bits per heavy atom. The summed E-state index contributed by atoms with van der Waals surface area (Å²) in [6, 6.07) is 10.8. The van der Waals surface area contributed by atoms with Crippen molar-refractivity contribution in [3.63, 3.8) is 0 Å². The average Bonchev–Trinajstić information content (AvgIpc) is 2.19. The second-order valence-corrected chi connectivity index (χ2v) is 4.71. The van der Waals surface area contributed by atoms with Crippen LogP contribution in [0, 0.1) is 0 Å². The van der Waals surface area contributed by atoms with Gasteiger partial charge in [0.1, 0.15) is 6.54 Å². The van der Waals surface area contributed by atoms with Crippen LogP contribution in [-0.4, -0.2) is 24.6 Å². The zero-order chi connectivity index (χ0) is 11.1. The second-order valence-electron chi connectivity index (χ2n) is 4.71. The third kappa shape index (κ3) is 5.13. The number of quaternary nitrogens is 1. The van der Waals surface area contributed by atoms with Crippen LogP contribution in [0.1, 0.15) is 32.3 Å². The van der Waals surface area contributed by atoms with Crippen LogP contribution < -0.4 is 17.0 Å². The van der Waals surface area contributed by atoms with Crippen molar-refractivity contribution in [2.75, 3.05) is 20.1 Å². The molecule has 0 saturated heterocycles. The van der Waals surface area contributed by atoms with Crippen LogP contribution in [0.15, 0.2) is 30.3 Å². The van der Waals surface area contributed by atoms with Gasteiger partial charge in [-0.25, -0.2) is 0 Å². The fraction of sp³-hybridized carbons (Fsp3) is 0.571. The molecule has 1 nitrogen and oxygen atoms in total.